The Morgan fingerprint density at radius 1 is 1.14 bits per heavy atom. The molecule has 116 valence electrons. The largest absolute Gasteiger partial charge is 0.480 e. The molecule has 4 nitrogen and oxygen atoms in total. The van der Waals surface area contributed by atoms with Gasteiger partial charge in [0.05, 0.1) is 0 Å². The van der Waals surface area contributed by atoms with Gasteiger partial charge in [0.15, 0.2) is 0 Å². The van der Waals surface area contributed by atoms with Gasteiger partial charge in [0.2, 0.25) is 5.91 Å². The lowest BCUT2D eigenvalue weighted by Crippen LogP contribution is -2.44. The van der Waals surface area contributed by atoms with Gasteiger partial charge in [0, 0.05) is 6.42 Å². The van der Waals surface area contributed by atoms with Gasteiger partial charge < -0.3 is 10.4 Å². The van der Waals surface area contributed by atoms with Crippen molar-refractivity contribution in [1.29, 1.82) is 0 Å². The zero-order chi connectivity index (χ0) is 15.8. The quantitative estimate of drug-likeness (QED) is 0.724. The number of hydrogen-bond donors (Lipinski definition) is 2. The van der Waals surface area contributed by atoms with E-state index in [1.807, 2.05) is 0 Å². The molecule has 1 rings (SSSR count). The van der Waals surface area contributed by atoms with E-state index >= 15 is 0 Å². The Morgan fingerprint density at radius 3 is 2.29 bits per heavy atom. The monoisotopic (exact) mass is 291 g/mol. The van der Waals surface area contributed by atoms with Crippen molar-refractivity contribution in [3.63, 3.8) is 0 Å². The predicted octanol–water partition coefficient (Wildman–Crippen LogP) is 2.93. The fraction of sp³-hybridized carbons (Fsp3) is 0.529. The molecule has 0 bridgehead atoms. The van der Waals surface area contributed by atoms with Crippen molar-refractivity contribution in [2.24, 2.45) is 5.92 Å². The summed E-state index contributed by atoms with van der Waals surface area (Å²) < 4.78 is 0. The molecule has 0 aliphatic carbocycles. The van der Waals surface area contributed by atoms with Crippen molar-refractivity contribution in [2.45, 2.75) is 52.5 Å². The number of nitrogens with one attached hydrogen (secondary N) is 1. The van der Waals surface area contributed by atoms with Gasteiger partial charge in [0.25, 0.3) is 0 Å². The fourth-order valence-corrected chi connectivity index (χ4v) is 2.13. The minimum absolute atomic E-state index is 0.112. The molecular weight excluding hydrogens is 266 g/mol. The van der Waals surface area contributed by atoms with Gasteiger partial charge in [-0.2, -0.15) is 0 Å². The van der Waals surface area contributed by atoms with Gasteiger partial charge in [-0.15, -0.1) is 0 Å². The number of carbonyl (C=O) groups is 2. The van der Waals surface area contributed by atoms with Crippen LogP contribution in [0.1, 0.15) is 44.2 Å². The van der Waals surface area contributed by atoms with Crippen molar-refractivity contribution in [3.8, 4) is 0 Å². The van der Waals surface area contributed by atoms with E-state index in [0.29, 0.717) is 6.42 Å². The summed E-state index contributed by atoms with van der Waals surface area (Å²) in [5.41, 5.74) is 2.51. The third-order valence-corrected chi connectivity index (χ3v) is 3.49. The van der Waals surface area contributed by atoms with Crippen LogP contribution < -0.4 is 5.32 Å². The summed E-state index contributed by atoms with van der Waals surface area (Å²) in [6, 6.07) is 7.59. The van der Waals surface area contributed by atoms with E-state index in [1.54, 1.807) is 13.8 Å². The van der Waals surface area contributed by atoms with Gasteiger partial charge in [0.1, 0.15) is 6.04 Å². The van der Waals surface area contributed by atoms with E-state index in [0.717, 1.165) is 19.3 Å². The number of hydrogen-bond acceptors (Lipinski definition) is 2. The van der Waals surface area contributed by atoms with E-state index in [9.17, 15) is 9.59 Å². The normalized spacial score (nSPS) is 12.2. The van der Waals surface area contributed by atoms with E-state index in [-0.39, 0.29) is 11.8 Å². The molecule has 0 spiro atoms. The molecule has 0 saturated heterocycles. The predicted molar refractivity (Wildman–Crippen MR) is 83.1 cm³/mol. The highest BCUT2D eigenvalue weighted by molar-refractivity contribution is 5.83. The zero-order valence-electron chi connectivity index (χ0n) is 13.1. The highest BCUT2D eigenvalue weighted by atomic mass is 16.4. The number of carboxylic acids is 1. The highest BCUT2D eigenvalue weighted by Gasteiger charge is 2.22. The Morgan fingerprint density at radius 2 is 1.76 bits per heavy atom. The summed E-state index contributed by atoms with van der Waals surface area (Å²) in [4.78, 5) is 22.7. The first-order valence-corrected chi connectivity index (χ1v) is 7.48. The van der Waals surface area contributed by atoms with Gasteiger partial charge in [-0.1, -0.05) is 43.7 Å². The maximum absolute atomic E-state index is 11.7. The molecule has 1 amide bonds. The second kappa shape index (κ2) is 8.45. The van der Waals surface area contributed by atoms with Crippen LogP contribution >= 0.6 is 0 Å². The first kappa shape index (κ1) is 17.2. The standard InChI is InChI=1S/C17H25NO3/c1-12(2)16(17(20)21)18-15(19)7-5-4-6-14-10-8-13(3)9-11-14/h8-12,16H,4-7H2,1-3H3,(H,18,19)(H,20,21). The van der Waals surface area contributed by atoms with E-state index < -0.39 is 12.0 Å². The van der Waals surface area contributed by atoms with Crippen molar-refractivity contribution in [2.75, 3.05) is 0 Å². The second-order valence-electron chi connectivity index (χ2n) is 5.82. The summed E-state index contributed by atoms with van der Waals surface area (Å²) in [7, 11) is 0. The SMILES string of the molecule is Cc1ccc(CCCCC(=O)NC(C(=O)O)C(C)C)cc1. The van der Waals surface area contributed by atoms with Gasteiger partial charge in [-0.25, -0.2) is 4.79 Å². The van der Waals surface area contributed by atoms with Crippen LogP contribution in [0.4, 0.5) is 0 Å². The molecule has 1 unspecified atom stereocenters. The van der Waals surface area contributed by atoms with Crippen LogP contribution in [-0.4, -0.2) is 23.0 Å². The number of carbonyl (C=O) groups excluding carboxylic acids is 1. The lowest BCUT2D eigenvalue weighted by molar-refractivity contribution is -0.143. The van der Waals surface area contributed by atoms with E-state index in [4.69, 9.17) is 5.11 Å². The number of aryl methyl sites for hydroxylation is 2. The van der Waals surface area contributed by atoms with Crippen LogP contribution in [0.3, 0.4) is 0 Å². The fourth-order valence-electron chi connectivity index (χ4n) is 2.13. The van der Waals surface area contributed by atoms with Crippen LogP contribution in [0.5, 0.6) is 0 Å². The van der Waals surface area contributed by atoms with Crippen molar-refractivity contribution >= 4 is 11.9 Å². The summed E-state index contributed by atoms with van der Waals surface area (Å²) in [6.45, 7) is 5.63. The van der Waals surface area contributed by atoms with Crippen molar-refractivity contribution in [3.05, 3.63) is 35.4 Å². The Kier molecular flexibility index (Phi) is 6.92. The number of rotatable bonds is 8. The molecule has 21 heavy (non-hydrogen) atoms. The molecule has 0 heterocycles. The summed E-state index contributed by atoms with van der Waals surface area (Å²) in [6.07, 6.45) is 3.02. The lowest BCUT2D eigenvalue weighted by Gasteiger charge is -2.17. The van der Waals surface area contributed by atoms with Crippen LogP contribution in [0, 0.1) is 12.8 Å². The van der Waals surface area contributed by atoms with Gasteiger partial charge >= 0.3 is 5.97 Å². The van der Waals surface area contributed by atoms with E-state index in [1.165, 1.54) is 11.1 Å². The van der Waals surface area contributed by atoms with Crippen LogP contribution in [0.2, 0.25) is 0 Å². The average Bonchev–Trinajstić information content (AvgIpc) is 2.42. The van der Waals surface area contributed by atoms with Crippen LogP contribution in [0.25, 0.3) is 0 Å². The molecule has 2 N–H and O–H groups in total. The first-order valence-electron chi connectivity index (χ1n) is 7.48. The molecule has 0 saturated carbocycles. The molecule has 0 fully saturated rings. The molecule has 1 aromatic carbocycles. The number of carboxylic acid groups (broad SMARTS) is 1. The molecule has 0 aliphatic rings. The van der Waals surface area contributed by atoms with Gasteiger partial charge in [-0.05, 0) is 37.7 Å². The number of aliphatic carboxylic acids is 1. The molecule has 1 aromatic rings. The maximum Gasteiger partial charge on any atom is 0.326 e. The highest BCUT2D eigenvalue weighted by Crippen LogP contribution is 2.09. The smallest absolute Gasteiger partial charge is 0.326 e. The number of benzene rings is 1. The number of unbranched alkanes of at least 4 members (excludes halogenated alkanes) is 1. The van der Waals surface area contributed by atoms with E-state index in [2.05, 4.69) is 36.5 Å². The number of amides is 1. The molecule has 4 heteroatoms. The molecule has 0 aliphatic heterocycles. The Hall–Kier alpha value is -1.84. The molecule has 0 radical (unpaired) electrons. The maximum atomic E-state index is 11.7. The average molecular weight is 291 g/mol. The van der Waals surface area contributed by atoms with Crippen molar-refractivity contribution < 1.29 is 14.7 Å². The second-order valence-corrected chi connectivity index (χ2v) is 5.82. The summed E-state index contributed by atoms with van der Waals surface area (Å²) in [5, 5.41) is 11.6. The first-order chi connectivity index (χ1) is 9.90. The lowest BCUT2D eigenvalue weighted by atomic mass is 10.0. The third kappa shape index (κ3) is 6.43. The Balaban J connectivity index is 2.27. The van der Waals surface area contributed by atoms with Crippen LogP contribution in [-0.2, 0) is 16.0 Å². The zero-order valence-corrected chi connectivity index (χ0v) is 13.1. The molecular formula is C17H25NO3. The minimum atomic E-state index is -0.974. The topological polar surface area (TPSA) is 66.4 Å². The van der Waals surface area contributed by atoms with Crippen LogP contribution in [0.15, 0.2) is 24.3 Å². The molecule has 0 aromatic heterocycles. The molecule has 1 atom stereocenters. The summed E-state index contributed by atoms with van der Waals surface area (Å²) >= 11 is 0. The summed E-state index contributed by atoms with van der Waals surface area (Å²) in [5.74, 6) is -1.27. The van der Waals surface area contributed by atoms with Gasteiger partial charge in [-0.3, -0.25) is 4.79 Å². The third-order valence-electron chi connectivity index (χ3n) is 3.49. The minimum Gasteiger partial charge on any atom is -0.480 e. The van der Waals surface area contributed by atoms with Crippen molar-refractivity contribution in [1.82, 2.24) is 5.32 Å². The Labute approximate surface area is 126 Å². The Bertz CT molecular complexity index is 465.